The molecule has 0 bridgehead atoms. The summed E-state index contributed by atoms with van der Waals surface area (Å²) >= 11 is 0. The molecule has 0 spiro atoms. The lowest BCUT2D eigenvalue weighted by Crippen LogP contribution is -2.24. The fourth-order valence-corrected chi connectivity index (χ4v) is 4.44. The Morgan fingerprint density at radius 2 is 1.76 bits per heavy atom. The summed E-state index contributed by atoms with van der Waals surface area (Å²) in [7, 11) is 4.42. The van der Waals surface area contributed by atoms with E-state index in [2.05, 4.69) is 5.10 Å². The normalized spacial score (nSPS) is 15.1. The average Bonchev–Trinajstić information content (AvgIpc) is 3.41. The zero-order valence-corrected chi connectivity index (χ0v) is 21.8. The van der Waals surface area contributed by atoms with Gasteiger partial charge in [-0.3, -0.25) is 4.79 Å². The molecule has 1 heterocycles. The summed E-state index contributed by atoms with van der Waals surface area (Å²) in [6, 6.07) is 22.4. The van der Waals surface area contributed by atoms with Crippen LogP contribution in [0.15, 0.2) is 84.2 Å². The van der Waals surface area contributed by atoms with Gasteiger partial charge in [-0.1, -0.05) is 54.6 Å². The summed E-state index contributed by atoms with van der Waals surface area (Å²) < 4.78 is 21.7. The molecule has 38 heavy (non-hydrogen) atoms. The molecule has 3 aromatic carbocycles. The predicted molar refractivity (Wildman–Crippen MR) is 144 cm³/mol. The van der Waals surface area contributed by atoms with Crippen LogP contribution in [0.4, 0.5) is 0 Å². The van der Waals surface area contributed by atoms with Gasteiger partial charge in [-0.2, -0.15) is 5.10 Å². The highest BCUT2D eigenvalue weighted by atomic mass is 16.5. The maximum atomic E-state index is 12.4. The number of esters is 1. The van der Waals surface area contributed by atoms with Crippen LogP contribution in [0.25, 0.3) is 5.57 Å². The molecule has 0 saturated heterocycles. The van der Waals surface area contributed by atoms with E-state index in [-0.39, 0.29) is 18.6 Å². The molecule has 0 saturated carbocycles. The van der Waals surface area contributed by atoms with Crippen molar-refractivity contribution in [2.75, 3.05) is 21.3 Å². The van der Waals surface area contributed by atoms with E-state index in [0.29, 0.717) is 29.1 Å². The van der Waals surface area contributed by atoms with Gasteiger partial charge in [-0.05, 0) is 29.3 Å². The molecule has 3 aromatic rings. The molecule has 1 aliphatic rings. The van der Waals surface area contributed by atoms with E-state index in [1.165, 1.54) is 32.4 Å². The Kier molecular flexibility index (Phi) is 8.43. The van der Waals surface area contributed by atoms with Gasteiger partial charge in [0.05, 0.1) is 39.3 Å². The van der Waals surface area contributed by atoms with Crippen LogP contribution >= 0.6 is 0 Å². The topological polar surface area (TPSA) is 86.7 Å². The first kappa shape index (κ1) is 26.5. The second-order valence-corrected chi connectivity index (χ2v) is 8.60. The highest BCUT2D eigenvalue weighted by Gasteiger charge is 2.33. The highest BCUT2D eigenvalue weighted by molar-refractivity contribution is 6.16. The number of hydrogen-bond acceptors (Lipinski definition) is 7. The third-order valence-electron chi connectivity index (χ3n) is 6.24. The quantitative estimate of drug-likeness (QED) is 0.224. The molecule has 4 rings (SSSR count). The first-order valence-electron chi connectivity index (χ1n) is 12.1. The van der Waals surface area contributed by atoms with Gasteiger partial charge in [0.2, 0.25) is 5.91 Å². The van der Waals surface area contributed by atoms with Crippen LogP contribution in [0.1, 0.15) is 41.6 Å². The molecule has 0 aromatic heterocycles. The zero-order valence-electron chi connectivity index (χ0n) is 21.8. The van der Waals surface area contributed by atoms with E-state index in [1.54, 1.807) is 7.11 Å². The van der Waals surface area contributed by atoms with Gasteiger partial charge < -0.3 is 18.9 Å². The Labute approximate surface area is 222 Å². The first-order chi connectivity index (χ1) is 18.5. The van der Waals surface area contributed by atoms with Gasteiger partial charge in [-0.25, -0.2) is 9.80 Å². The number of methoxy groups -OCH3 is 3. The molecular weight excluding hydrogens is 484 g/mol. The van der Waals surface area contributed by atoms with E-state index >= 15 is 0 Å². The van der Waals surface area contributed by atoms with Crippen LogP contribution in [0, 0.1) is 0 Å². The van der Waals surface area contributed by atoms with Crippen molar-refractivity contribution in [2.24, 2.45) is 5.10 Å². The van der Waals surface area contributed by atoms with E-state index in [9.17, 15) is 9.59 Å². The van der Waals surface area contributed by atoms with Gasteiger partial charge in [0.25, 0.3) is 0 Å². The van der Waals surface area contributed by atoms with Crippen molar-refractivity contribution in [3.8, 4) is 11.5 Å². The van der Waals surface area contributed by atoms with E-state index in [4.69, 9.17) is 18.9 Å². The molecule has 0 N–H and O–H groups in total. The lowest BCUT2D eigenvalue weighted by atomic mass is 9.97. The van der Waals surface area contributed by atoms with Crippen LogP contribution in [0.3, 0.4) is 0 Å². The smallest absolute Gasteiger partial charge is 0.341 e. The van der Waals surface area contributed by atoms with Crippen molar-refractivity contribution in [2.45, 2.75) is 26.0 Å². The molecule has 1 aliphatic heterocycles. The van der Waals surface area contributed by atoms with Crippen molar-refractivity contribution < 1.29 is 28.5 Å². The van der Waals surface area contributed by atoms with Crippen LogP contribution in [0.2, 0.25) is 0 Å². The zero-order chi connectivity index (χ0) is 27.1. The minimum absolute atomic E-state index is 0.148. The molecule has 196 valence electrons. The maximum Gasteiger partial charge on any atom is 0.341 e. The molecule has 0 aliphatic carbocycles. The average molecular weight is 515 g/mol. The number of amides is 1. The third kappa shape index (κ3) is 5.70. The molecule has 1 amide bonds. The second kappa shape index (κ2) is 12.1. The molecular formula is C30H30N2O6. The summed E-state index contributed by atoms with van der Waals surface area (Å²) in [5.41, 5.74) is 4.29. The fourth-order valence-electron chi connectivity index (χ4n) is 4.44. The van der Waals surface area contributed by atoms with Crippen LogP contribution in [-0.4, -0.2) is 43.9 Å². The second-order valence-electron chi connectivity index (χ2n) is 8.60. The van der Waals surface area contributed by atoms with Crippen LogP contribution in [-0.2, 0) is 25.7 Å². The number of para-hydroxylation sites is 1. The largest absolute Gasteiger partial charge is 0.503 e. The minimum atomic E-state index is -0.500. The highest BCUT2D eigenvalue weighted by Crippen LogP contribution is 2.37. The fraction of sp³-hybridized carbons (Fsp3) is 0.233. The van der Waals surface area contributed by atoms with Crippen molar-refractivity contribution >= 4 is 23.2 Å². The summed E-state index contributed by atoms with van der Waals surface area (Å²) in [5, 5.41) is 6.16. The Morgan fingerprint density at radius 1 is 1.00 bits per heavy atom. The van der Waals surface area contributed by atoms with Crippen molar-refractivity contribution in [1.29, 1.82) is 0 Å². The number of ether oxygens (including phenoxy) is 4. The Hall–Kier alpha value is -4.59. The molecule has 0 fully saturated rings. The Balaban J connectivity index is 1.56. The molecule has 1 atom stereocenters. The Morgan fingerprint density at radius 3 is 2.50 bits per heavy atom. The third-order valence-corrected chi connectivity index (χ3v) is 6.24. The lowest BCUT2D eigenvalue weighted by Gasteiger charge is -2.22. The van der Waals surface area contributed by atoms with Gasteiger partial charge in [0.15, 0.2) is 0 Å². The Bertz CT molecular complexity index is 1380. The summed E-state index contributed by atoms with van der Waals surface area (Å²) in [4.78, 5) is 24.7. The standard InChI is InChI=1S/C30H30N2O6/c1-20(33)32-28(25-14-7-8-15-29(25)36-3)17-27(31-32)21-11-9-12-23(16-21)38-18-22-10-5-6-13-24(22)26(19-35-2)30(34)37-4/h5-16,19,28H,17-18H2,1-4H3/b26-19+. The number of carbonyl (C=O) groups is 2. The molecule has 0 radical (unpaired) electrons. The van der Waals surface area contributed by atoms with E-state index in [1.807, 2.05) is 72.8 Å². The number of hydrogen-bond donors (Lipinski definition) is 0. The maximum absolute atomic E-state index is 12.4. The number of nitrogens with zero attached hydrogens (tertiary/aromatic N) is 2. The summed E-state index contributed by atoms with van der Waals surface area (Å²) in [6.45, 7) is 1.72. The molecule has 8 nitrogen and oxygen atoms in total. The SMILES string of the molecule is CO/C=C(/C(=O)OC)c1ccccc1COc1cccc(C2=NN(C(C)=O)C(c3ccccc3OC)C2)c1. The van der Waals surface area contributed by atoms with Gasteiger partial charge in [0.1, 0.15) is 23.7 Å². The number of benzene rings is 3. The van der Waals surface area contributed by atoms with Crippen LogP contribution < -0.4 is 9.47 Å². The van der Waals surface area contributed by atoms with Crippen molar-refractivity contribution in [3.63, 3.8) is 0 Å². The van der Waals surface area contributed by atoms with E-state index < -0.39 is 5.97 Å². The lowest BCUT2D eigenvalue weighted by molar-refractivity contribution is -0.134. The predicted octanol–water partition coefficient (Wildman–Crippen LogP) is 5.13. The summed E-state index contributed by atoms with van der Waals surface area (Å²) in [6.07, 6.45) is 1.90. The van der Waals surface area contributed by atoms with Gasteiger partial charge in [-0.15, -0.1) is 0 Å². The minimum Gasteiger partial charge on any atom is -0.503 e. The molecule has 1 unspecified atom stereocenters. The van der Waals surface area contributed by atoms with Crippen molar-refractivity contribution in [3.05, 3.63) is 101 Å². The van der Waals surface area contributed by atoms with Gasteiger partial charge in [0, 0.05) is 24.5 Å². The summed E-state index contributed by atoms with van der Waals surface area (Å²) in [5.74, 6) is 0.695. The van der Waals surface area contributed by atoms with E-state index in [0.717, 1.165) is 22.4 Å². The van der Waals surface area contributed by atoms with Crippen molar-refractivity contribution in [1.82, 2.24) is 5.01 Å². The van der Waals surface area contributed by atoms with Gasteiger partial charge >= 0.3 is 5.97 Å². The number of hydrazone groups is 1. The molecule has 8 heteroatoms. The number of rotatable bonds is 9. The monoisotopic (exact) mass is 514 g/mol. The first-order valence-corrected chi connectivity index (χ1v) is 12.1. The van der Waals surface area contributed by atoms with Crippen LogP contribution in [0.5, 0.6) is 11.5 Å². The number of carbonyl (C=O) groups excluding carboxylic acids is 2.